The van der Waals surface area contributed by atoms with Gasteiger partial charge in [0.2, 0.25) is 0 Å². The fourth-order valence-electron chi connectivity index (χ4n) is 3.41. The summed E-state index contributed by atoms with van der Waals surface area (Å²) >= 11 is 0. The van der Waals surface area contributed by atoms with E-state index in [-0.39, 0.29) is 0 Å². The number of piperidine rings is 1. The van der Waals surface area contributed by atoms with Crippen LogP contribution in [0.2, 0.25) is 0 Å². The van der Waals surface area contributed by atoms with Crippen molar-refractivity contribution < 1.29 is 4.52 Å². The summed E-state index contributed by atoms with van der Waals surface area (Å²) in [6.45, 7) is 1.90. The molecule has 0 aliphatic carbocycles. The summed E-state index contributed by atoms with van der Waals surface area (Å²) in [6, 6.07) is 5.49. The zero-order valence-corrected chi connectivity index (χ0v) is 10.3. The van der Waals surface area contributed by atoms with Gasteiger partial charge in [0, 0.05) is 18.2 Å². The summed E-state index contributed by atoms with van der Waals surface area (Å²) in [5.74, 6) is 0.766. The van der Waals surface area contributed by atoms with Gasteiger partial charge in [0.05, 0.1) is 11.8 Å². The first-order chi connectivity index (χ1) is 8.14. The average molecular weight is 231 g/mol. The quantitative estimate of drug-likeness (QED) is 0.741. The van der Waals surface area contributed by atoms with Gasteiger partial charge in [-0.05, 0) is 39.7 Å². The van der Waals surface area contributed by atoms with Crippen LogP contribution >= 0.6 is 0 Å². The highest BCUT2D eigenvalue weighted by Gasteiger charge is 2.50. The Bertz CT molecular complexity index is 459. The molecule has 0 radical (unpaired) electrons. The molecule has 3 heterocycles. The molecular weight excluding hydrogens is 214 g/mol. The molecule has 2 aliphatic rings. The van der Waals surface area contributed by atoms with Gasteiger partial charge < -0.3 is 9.42 Å². The second-order valence-electron chi connectivity index (χ2n) is 5.49. The van der Waals surface area contributed by atoms with Gasteiger partial charge in [-0.15, -0.1) is 0 Å². The first-order valence-corrected chi connectivity index (χ1v) is 6.21. The number of nitriles is 1. The van der Waals surface area contributed by atoms with Crippen LogP contribution < -0.4 is 0 Å². The van der Waals surface area contributed by atoms with Crippen LogP contribution in [0.25, 0.3) is 0 Å². The van der Waals surface area contributed by atoms with E-state index in [2.05, 4.69) is 23.2 Å². The van der Waals surface area contributed by atoms with E-state index < -0.39 is 5.41 Å². The molecule has 3 rings (SSSR count). The van der Waals surface area contributed by atoms with Crippen molar-refractivity contribution in [2.75, 3.05) is 7.05 Å². The third kappa shape index (κ3) is 1.49. The molecule has 0 amide bonds. The molecule has 90 valence electrons. The topological polar surface area (TPSA) is 53.1 Å². The number of aryl methyl sites for hydroxylation is 1. The molecule has 4 heteroatoms. The van der Waals surface area contributed by atoms with Gasteiger partial charge in [0.25, 0.3) is 0 Å². The predicted octanol–water partition coefficient (Wildman–Crippen LogP) is 2.00. The molecule has 2 atom stereocenters. The third-order valence-corrected chi connectivity index (χ3v) is 4.47. The lowest BCUT2D eigenvalue weighted by Crippen LogP contribution is -2.46. The maximum atomic E-state index is 9.60. The smallest absolute Gasteiger partial charge is 0.157 e. The van der Waals surface area contributed by atoms with Crippen LogP contribution in [0.15, 0.2) is 10.6 Å². The van der Waals surface area contributed by atoms with E-state index in [1.165, 1.54) is 12.8 Å². The number of hydrogen-bond acceptors (Lipinski definition) is 4. The SMILES string of the molecule is Cc1cc(C2(C#N)CC3CCC(C2)N3C)on1. The Morgan fingerprint density at radius 2 is 2.12 bits per heavy atom. The minimum Gasteiger partial charge on any atom is -0.359 e. The molecule has 2 unspecified atom stereocenters. The molecule has 0 spiro atoms. The Labute approximate surface area is 101 Å². The average Bonchev–Trinajstić information content (AvgIpc) is 2.82. The summed E-state index contributed by atoms with van der Waals surface area (Å²) in [7, 11) is 2.18. The molecule has 2 fully saturated rings. The van der Waals surface area contributed by atoms with Crippen molar-refractivity contribution in [2.24, 2.45) is 0 Å². The van der Waals surface area contributed by atoms with Crippen molar-refractivity contribution in [3.05, 3.63) is 17.5 Å². The lowest BCUT2D eigenvalue weighted by atomic mass is 9.74. The van der Waals surface area contributed by atoms with Crippen LogP contribution in [-0.2, 0) is 5.41 Å². The third-order valence-electron chi connectivity index (χ3n) is 4.47. The van der Waals surface area contributed by atoms with E-state index >= 15 is 0 Å². The lowest BCUT2D eigenvalue weighted by Gasteiger charge is -2.39. The number of rotatable bonds is 1. The fraction of sp³-hybridized carbons (Fsp3) is 0.692. The first kappa shape index (κ1) is 10.8. The van der Waals surface area contributed by atoms with E-state index in [0.29, 0.717) is 12.1 Å². The van der Waals surface area contributed by atoms with Crippen molar-refractivity contribution in [2.45, 2.75) is 50.1 Å². The summed E-state index contributed by atoms with van der Waals surface area (Å²) in [5, 5.41) is 13.5. The van der Waals surface area contributed by atoms with Crippen LogP contribution in [0.4, 0.5) is 0 Å². The molecule has 2 aliphatic heterocycles. The van der Waals surface area contributed by atoms with E-state index in [9.17, 15) is 5.26 Å². The van der Waals surface area contributed by atoms with Gasteiger partial charge in [-0.3, -0.25) is 0 Å². The molecule has 1 aromatic heterocycles. The van der Waals surface area contributed by atoms with Crippen molar-refractivity contribution in [3.63, 3.8) is 0 Å². The van der Waals surface area contributed by atoms with Gasteiger partial charge in [0.1, 0.15) is 5.41 Å². The Morgan fingerprint density at radius 3 is 2.59 bits per heavy atom. The molecule has 1 aromatic rings. The predicted molar refractivity (Wildman–Crippen MR) is 62.3 cm³/mol. The van der Waals surface area contributed by atoms with E-state index in [4.69, 9.17) is 4.52 Å². The fourth-order valence-corrected chi connectivity index (χ4v) is 3.41. The number of hydrogen-bond donors (Lipinski definition) is 0. The second-order valence-corrected chi connectivity index (χ2v) is 5.49. The van der Waals surface area contributed by atoms with Crippen molar-refractivity contribution in [3.8, 4) is 6.07 Å². The minimum absolute atomic E-state index is 0.445. The van der Waals surface area contributed by atoms with E-state index in [1.807, 2.05) is 13.0 Å². The van der Waals surface area contributed by atoms with Crippen molar-refractivity contribution in [1.82, 2.24) is 10.1 Å². The van der Waals surface area contributed by atoms with Crippen LogP contribution in [-0.4, -0.2) is 29.2 Å². The van der Waals surface area contributed by atoms with Crippen molar-refractivity contribution in [1.29, 1.82) is 5.26 Å². The zero-order chi connectivity index (χ0) is 12.0. The summed E-state index contributed by atoms with van der Waals surface area (Å²) in [5.41, 5.74) is 0.417. The van der Waals surface area contributed by atoms with Crippen LogP contribution in [0.3, 0.4) is 0 Å². The lowest BCUT2D eigenvalue weighted by molar-refractivity contribution is 0.120. The minimum atomic E-state index is -0.445. The normalized spacial score (nSPS) is 37.0. The second kappa shape index (κ2) is 3.58. The zero-order valence-electron chi connectivity index (χ0n) is 10.3. The van der Waals surface area contributed by atoms with Crippen LogP contribution in [0, 0.1) is 18.3 Å². The van der Waals surface area contributed by atoms with Gasteiger partial charge >= 0.3 is 0 Å². The standard InChI is InChI=1S/C13H17N3O/c1-9-5-12(17-15-9)13(8-14)6-10-3-4-11(7-13)16(10)2/h5,10-11H,3-4,6-7H2,1-2H3. The maximum Gasteiger partial charge on any atom is 0.157 e. The molecular formula is C13H17N3O. The number of nitrogens with zero attached hydrogens (tertiary/aromatic N) is 3. The van der Waals surface area contributed by atoms with Crippen LogP contribution in [0.1, 0.15) is 37.1 Å². The molecule has 0 aromatic carbocycles. The summed E-state index contributed by atoms with van der Waals surface area (Å²) < 4.78 is 5.37. The molecule has 0 saturated carbocycles. The van der Waals surface area contributed by atoms with E-state index in [0.717, 1.165) is 24.3 Å². The molecule has 0 N–H and O–H groups in total. The van der Waals surface area contributed by atoms with Gasteiger partial charge in [0.15, 0.2) is 5.76 Å². The molecule has 2 saturated heterocycles. The maximum absolute atomic E-state index is 9.60. The Morgan fingerprint density at radius 1 is 1.47 bits per heavy atom. The first-order valence-electron chi connectivity index (χ1n) is 6.21. The summed E-state index contributed by atoms with van der Waals surface area (Å²) in [6.07, 6.45) is 4.17. The van der Waals surface area contributed by atoms with Crippen LogP contribution in [0.5, 0.6) is 0 Å². The van der Waals surface area contributed by atoms with E-state index in [1.54, 1.807) is 0 Å². The number of fused-ring (bicyclic) bond motifs is 2. The number of aromatic nitrogens is 1. The van der Waals surface area contributed by atoms with Gasteiger partial charge in [-0.2, -0.15) is 5.26 Å². The Balaban J connectivity index is 1.98. The summed E-state index contributed by atoms with van der Waals surface area (Å²) in [4.78, 5) is 2.43. The Hall–Kier alpha value is -1.34. The monoisotopic (exact) mass is 231 g/mol. The highest BCUT2D eigenvalue weighted by atomic mass is 16.5. The Kier molecular flexibility index (Phi) is 2.27. The molecule has 17 heavy (non-hydrogen) atoms. The molecule has 4 nitrogen and oxygen atoms in total. The van der Waals surface area contributed by atoms with Gasteiger partial charge in [-0.25, -0.2) is 0 Å². The van der Waals surface area contributed by atoms with Gasteiger partial charge in [-0.1, -0.05) is 5.16 Å². The largest absolute Gasteiger partial charge is 0.359 e. The van der Waals surface area contributed by atoms with Crippen molar-refractivity contribution >= 4 is 0 Å². The highest BCUT2D eigenvalue weighted by Crippen LogP contribution is 2.46. The molecule has 2 bridgehead atoms. The highest BCUT2D eigenvalue weighted by molar-refractivity contribution is 5.28.